The topological polar surface area (TPSA) is 42.7 Å². The van der Waals surface area contributed by atoms with E-state index in [1.165, 1.54) is 50.8 Å². The molecule has 1 aromatic heterocycles. The van der Waals surface area contributed by atoms with E-state index in [1.807, 2.05) is 0 Å². The molecular formula is C16H28N4. The molecule has 112 valence electrons. The van der Waals surface area contributed by atoms with Crippen LogP contribution in [0.25, 0.3) is 0 Å². The van der Waals surface area contributed by atoms with Crippen LogP contribution in [0.5, 0.6) is 0 Å². The van der Waals surface area contributed by atoms with Crippen LogP contribution in [0.1, 0.15) is 76.5 Å². The first-order valence-electron chi connectivity index (χ1n) is 8.43. The first kappa shape index (κ1) is 14.1. The molecule has 4 heteroatoms. The highest BCUT2D eigenvalue weighted by Gasteiger charge is 2.25. The molecule has 4 nitrogen and oxygen atoms in total. The maximum absolute atomic E-state index is 4.47. The Kier molecular flexibility index (Phi) is 4.39. The van der Waals surface area contributed by atoms with Gasteiger partial charge in [0.1, 0.15) is 11.6 Å². The van der Waals surface area contributed by atoms with Crippen molar-refractivity contribution in [3.05, 3.63) is 11.6 Å². The van der Waals surface area contributed by atoms with E-state index in [2.05, 4.69) is 33.9 Å². The Balaban J connectivity index is 1.67. The van der Waals surface area contributed by atoms with Crippen LogP contribution in [-0.4, -0.2) is 20.8 Å². The normalized spacial score (nSPS) is 23.3. The van der Waals surface area contributed by atoms with Crippen molar-refractivity contribution in [3.8, 4) is 0 Å². The van der Waals surface area contributed by atoms with E-state index in [-0.39, 0.29) is 0 Å². The molecule has 1 aliphatic heterocycles. The van der Waals surface area contributed by atoms with E-state index in [0.717, 1.165) is 24.7 Å². The zero-order valence-corrected chi connectivity index (χ0v) is 12.9. The Morgan fingerprint density at radius 3 is 2.65 bits per heavy atom. The Morgan fingerprint density at radius 1 is 1.05 bits per heavy atom. The molecule has 0 aromatic carbocycles. The summed E-state index contributed by atoms with van der Waals surface area (Å²) < 4.78 is 2.37. The Bertz CT molecular complexity index is 434. The monoisotopic (exact) mass is 276 g/mol. The highest BCUT2D eigenvalue weighted by Crippen LogP contribution is 2.29. The third kappa shape index (κ3) is 2.90. The average Bonchev–Trinajstić information content (AvgIpc) is 3.04. The predicted octanol–water partition coefficient (Wildman–Crippen LogP) is 3.23. The molecule has 0 amide bonds. The summed E-state index contributed by atoms with van der Waals surface area (Å²) in [6.07, 6.45) is 10.5. The molecule has 1 aromatic rings. The molecular weight excluding hydrogens is 248 g/mol. The lowest BCUT2D eigenvalue weighted by Gasteiger charge is -2.24. The molecule has 2 heterocycles. The van der Waals surface area contributed by atoms with Crippen LogP contribution in [0.2, 0.25) is 0 Å². The summed E-state index contributed by atoms with van der Waals surface area (Å²) in [6.45, 7) is 5.68. The van der Waals surface area contributed by atoms with Crippen LogP contribution in [0.3, 0.4) is 0 Å². The van der Waals surface area contributed by atoms with Gasteiger partial charge in [-0.3, -0.25) is 0 Å². The molecule has 0 saturated heterocycles. The molecule has 20 heavy (non-hydrogen) atoms. The summed E-state index contributed by atoms with van der Waals surface area (Å²) in [7, 11) is 0. The molecule has 3 rings (SSSR count). The maximum atomic E-state index is 4.47. The van der Waals surface area contributed by atoms with Crippen LogP contribution in [-0.2, 0) is 13.0 Å². The molecule has 1 fully saturated rings. The SMILES string of the molecule is CC(NC(C)C1CCCC1)c1nnc2n1CCCCC2. The number of nitrogens with one attached hydrogen (secondary N) is 1. The molecule has 1 N–H and O–H groups in total. The summed E-state index contributed by atoms with van der Waals surface area (Å²) in [5, 5.41) is 12.7. The number of aryl methyl sites for hydroxylation is 1. The third-order valence-corrected chi connectivity index (χ3v) is 5.15. The van der Waals surface area contributed by atoms with E-state index < -0.39 is 0 Å². The first-order chi connectivity index (χ1) is 9.75. The highest BCUT2D eigenvalue weighted by molar-refractivity contribution is 5.02. The quantitative estimate of drug-likeness (QED) is 0.918. The molecule has 2 atom stereocenters. The predicted molar refractivity (Wildman–Crippen MR) is 80.5 cm³/mol. The van der Waals surface area contributed by atoms with Gasteiger partial charge in [0, 0.05) is 19.0 Å². The fraction of sp³-hybridized carbons (Fsp3) is 0.875. The average molecular weight is 276 g/mol. The van der Waals surface area contributed by atoms with Crippen molar-refractivity contribution < 1.29 is 0 Å². The van der Waals surface area contributed by atoms with Crippen molar-refractivity contribution in [1.29, 1.82) is 0 Å². The van der Waals surface area contributed by atoms with E-state index in [9.17, 15) is 0 Å². The van der Waals surface area contributed by atoms with Gasteiger partial charge in [0.05, 0.1) is 6.04 Å². The Morgan fingerprint density at radius 2 is 1.85 bits per heavy atom. The second-order valence-electron chi connectivity index (χ2n) is 6.66. The highest BCUT2D eigenvalue weighted by atomic mass is 15.3. The van der Waals surface area contributed by atoms with Crippen LogP contribution in [0.15, 0.2) is 0 Å². The summed E-state index contributed by atoms with van der Waals surface area (Å²) in [5.41, 5.74) is 0. The fourth-order valence-electron chi connectivity index (χ4n) is 3.89. The smallest absolute Gasteiger partial charge is 0.149 e. The number of nitrogens with zero attached hydrogens (tertiary/aromatic N) is 3. The van der Waals surface area contributed by atoms with E-state index >= 15 is 0 Å². The lowest BCUT2D eigenvalue weighted by atomic mass is 9.99. The molecule has 0 spiro atoms. The van der Waals surface area contributed by atoms with Crippen molar-refractivity contribution in [3.63, 3.8) is 0 Å². The summed E-state index contributed by atoms with van der Waals surface area (Å²) >= 11 is 0. The van der Waals surface area contributed by atoms with Crippen molar-refractivity contribution in [1.82, 2.24) is 20.1 Å². The number of hydrogen-bond acceptors (Lipinski definition) is 3. The van der Waals surface area contributed by atoms with Crippen LogP contribution < -0.4 is 5.32 Å². The lowest BCUT2D eigenvalue weighted by molar-refractivity contribution is 0.341. The molecule has 2 aliphatic rings. The first-order valence-corrected chi connectivity index (χ1v) is 8.43. The van der Waals surface area contributed by atoms with Crippen molar-refractivity contribution >= 4 is 0 Å². The van der Waals surface area contributed by atoms with Gasteiger partial charge in [-0.1, -0.05) is 19.3 Å². The van der Waals surface area contributed by atoms with Gasteiger partial charge in [0.15, 0.2) is 0 Å². The molecule has 2 unspecified atom stereocenters. The second kappa shape index (κ2) is 6.25. The van der Waals surface area contributed by atoms with Crippen LogP contribution in [0, 0.1) is 5.92 Å². The second-order valence-corrected chi connectivity index (χ2v) is 6.66. The molecule has 1 saturated carbocycles. The van der Waals surface area contributed by atoms with Gasteiger partial charge < -0.3 is 9.88 Å². The maximum Gasteiger partial charge on any atom is 0.149 e. The van der Waals surface area contributed by atoms with Gasteiger partial charge in [-0.05, 0) is 45.4 Å². The van der Waals surface area contributed by atoms with Gasteiger partial charge in [-0.25, -0.2) is 0 Å². The van der Waals surface area contributed by atoms with E-state index in [4.69, 9.17) is 0 Å². The van der Waals surface area contributed by atoms with Crippen molar-refractivity contribution in [2.45, 2.75) is 83.8 Å². The van der Waals surface area contributed by atoms with Gasteiger partial charge in [-0.15, -0.1) is 10.2 Å². The molecule has 1 aliphatic carbocycles. The third-order valence-electron chi connectivity index (χ3n) is 5.15. The zero-order chi connectivity index (χ0) is 13.9. The standard InChI is InChI=1S/C16H28N4/c1-12(14-8-5-6-9-14)17-13(2)16-19-18-15-10-4-3-7-11-20(15)16/h12-14,17H,3-11H2,1-2H3. The Hall–Kier alpha value is -0.900. The van der Waals surface area contributed by atoms with Crippen molar-refractivity contribution in [2.75, 3.05) is 0 Å². The number of hydrogen-bond donors (Lipinski definition) is 1. The van der Waals surface area contributed by atoms with Gasteiger partial charge in [-0.2, -0.15) is 0 Å². The van der Waals surface area contributed by atoms with E-state index in [0.29, 0.717) is 12.1 Å². The van der Waals surface area contributed by atoms with Crippen molar-refractivity contribution in [2.24, 2.45) is 5.92 Å². The number of aromatic nitrogens is 3. The largest absolute Gasteiger partial charge is 0.314 e. The van der Waals surface area contributed by atoms with Crippen LogP contribution >= 0.6 is 0 Å². The fourth-order valence-corrected chi connectivity index (χ4v) is 3.89. The minimum Gasteiger partial charge on any atom is -0.314 e. The van der Waals surface area contributed by atoms with Gasteiger partial charge >= 0.3 is 0 Å². The summed E-state index contributed by atoms with van der Waals surface area (Å²) in [5.74, 6) is 3.19. The zero-order valence-electron chi connectivity index (χ0n) is 12.9. The minimum absolute atomic E-state index is 0.310. The Labute approximate surface area is 122 Å². The van der Waals surface area contributed by atoms with E-state index in [1.54, 1.807) is 0 Å². The number of rotatable bonds is 4. The van der Waals surface area contributed by atoms with Gasteiger partial charge in [0.2, 0.25) is 0 Å². The molecule has 0 bridgehead atoms. The van der Waals surface area contributed by atoms with Gasteiger partial charge in [0.25, 0.3) is 0 Å². The lowest BCUT2D eigenvalue weighted by Crippen LogP contribution is -2.35. The molecule has 0 radical (unpaired) electrons. The number of fused-ring (bicyclic) bond motifs is 1. The van der Waals surface area contributed by atoms with Crippen LogP contribution in [0.4, 0.5) is 0 Å². The summed E-state index contributed by atoms with van der Waals surface area (Å²) in [6, 6.07) is 0.899. The summed E-state index contributed by atoms with van der Waals surface area (Å²) in [4.78, 5) is 0. The minimum atomic E-state index is 0.310.